The molecule has 0 amide bonds. The summed E-state index contributed by atoms with van der Waals surface area (Å²) < 4.78 is 0. The second kappa shape index (κ2) is 11.0. The number of benzene rings is 2. The van der Waals surface area contributed by atoms with Crippen molar-refractivity contribution in [3.8, 4) is 0 Å². The number of hydrogen-bond donors (Lipinski definition) is 2. The van der Waals surface area contributed by atoms with Crippen molar-refractivity contribution in [1.82, 2.24) is 9.97 Å². The lowest BCUT2D eigenvalue weighted by molar-refractivity contribution is 0.293. The number of aromatic nitrogens is 2. The molecular formula is C36H44N4. The predicted molar refractivity (Wildman–Crippen MR) is 169 cm³/mol. The van der Waals surface area contributed by atoms with Crippen molar-refractivity contribution in [3.63, 3.8) is 0 Å². The predicted octanol–water partition coefficient (Wildman–Crippen LogP) is 8.49. The van der Waals surface area contributed by atoms with Gasteiger partial charge in [-0.1, -0.05) is 24.3 Å². The molecule has 2 N–H and O–H groups in total. The van der Waals surface area contributed by atoms with Crippen LogP contribution in [0.4, 0.5) is 11.4 Å². The second-order valence-corrected chi connectivity index (χ2v) is 12.9. The van der Waals surface area contributed by atoms with Crippen LogP contribution in [-0.2, 0) is 25.7 Å². The minimum Gasteiger partial charge on any atom is -0.384 e. The third-order valence-corrected chi connectivity index (χ3v) is 9.94. The van der Waals surface area contributed by atoms with Crippen molar-refractivity contribution < 1.29 is 0 Å². The number of hydrogen-bond acceptors (Lipinski definition) is 4. The average Bonchev–Trinajstić information content (AvgIpc) is 2.97. The molecule has 4 heteroatoms. The minimum absolute atomic E-state index is 0.752. The number of rotatable bonds is 6. The van der Waals surface area contributed by atoms with E-state index in [4.69, 9.17) is 9.97 Å². The van der Waals surface area contributed by atoms with Crippen molar-refractivity contribution >= 4 is 33.2 Å². The smallest absolute Gasteiger partial charge is 0.0728 e. The van der Waals surface area contributed by atoms with Crippen LogP contribution in [0.5, 0.6) is 0 Å². The molecule has 0 radical (unpaired) electrons. The minimum atomic E-state index is 0.752. The number of aryl methyl sites for hydroxylation is 4. The number of anilines is 2. The van der Waals surface area contributed by atoms with Gasteiger partial charge in [-0.25, -0.2) is 0 Å². The molecule has 40 heavy (non-hydrogen) atoms. The molecule has 2 aromatic carbocycles. The highest BCUT2D eigenvalue weighted by Gasteiger charge is 2.24. The van der Waals surface area contributed by atoms with Crippen LogP contribution in [-0.4, -0.2) is 23.1 Å². The Bertz CT molecular complexity index is 1430. The maximum atomic E-state index is 5.09. The molecule has 0 aliphatic heterocycles. The van der Waals surface area contributed by atoms with Gasteiger partial charge in [-0.15, -0.1) is 0 Å². The highest BCUT2D eigenvalue weighted by atomic mass is 14.9. The van der Waals surface area contributed by atoms with Gasteiger partial charge in [0.25, 0.3) is 0 Å². The van der Waals surface area contributed by atoms with Crippen molar-refractivity contribution in [3.05, 3.63) is 70.0 Å². The molecule has 0 saturated heterocycles. The van der Waals surface area contributed by atoms with Gasteiger partial charge in [-0.2, -0.15) is 0 Å². The van der Waals surface area contributed by atoms with Gasteiger partial charge >= 0.3 is 0 Å². The van der Waals surface area contributed by atoms with Crippen LogP contribution >= 0.6 is 0 Å². The van der Waals surface area contributed by atoms with Crippen molar-refractivity contribution in [1.29, 1.82) is 0 Å². The molecule has 1 fully saturated rings. The van der Waals surface area contributed by atoms with E-state index in [9.17, 15) is 0 Å². The molecule has 0 spiro atoms. The summed E-state index contributed by atoms with van der Waals surface area (Å²) in [7, 11) is 0. The zero-order valence-corrected chi connectivity index (χ0v) is 24.4. The highest BCUT2D eigenvalue weighted by molar-refractivity contribution is 5.95. The summed E-state index contributed by atoms with van der Waals surface area (Å²) in [4.78, 5) is 10.2. The first kappa shape index (κ1) is 25.8. The molecule has 4 nitrogen and oxygen atoms in total. The summed E-state index contributed by atoms with van der Waals surface area (Å²) in [5.74, 6) is 1.50. The first-order chi connectivity index (χ1) is 19.6. The fourth-order valence-corrected chi connectivity index (χ4v) is 7.61. The Morgan fingerprint density at radius 3 is 1.48 bits per heavy atom. The largest absolute Gasteiger partial charge is 0.384 e. The van der Waals surface area contributed by atoms with Crippen LogP contribution in [0.1, 0.15) is 85.0 Å². The molecule has 3 aliphatic rings. The number of nitrogens with zero attached hydrogens (tertiary/aromatic N) is 2. The van der Waals surface area contributed by atoms with Crippen molar-refractivity contribution in [2.75, 3.05) is 23.7 Å². The molecule has 4 aromatic rings. The van der Waals surface area contributed by atoms with E-state index < -0.39 is 0 Å². The topological polar surface area (TPSA) is 49.8 Å². The van der Waals surface area contributed by atoms with Crippen LogP contribution in [0.3, 0.4) is 0 Å². The zero-order valence-electron chi connectivity index (χ0n) is 24.4. The molecule has 208 valence electrons. The molecule has 0 atom stereocenters. The number of fused-ring (bicyclic) bond motifs is 4. The Morgan fingerprint density at radius 2 is 1.02 bits per heavy atom. The van der Waals surface area contributed by atoms with Crippen molar-refractivity contribution in [2.24, 2.45) is 11.8 Å². The maximum Gasteiger partial charge on any atom is 0.0728 e. The van der Waals surface area contributed by atoms with E-state index in [0.717, 1.165) is 37.8 Å². The highest BCUT2D eigenvalue weighted by Crippen LogP contribution is 2.37. The monoisotopic (exact) mass is 532 g/mol. The lowest BCUT2D eigenvalue weighted by atomic mass is 9.81. The van der Waals surface area contributed by atoms with E-state index >= 15 is 0 Å². The third kappa shape index (κ3) is 5.06. The van der Waals surface area contributed by atoms with E-state index in [0.29, 0.717) is 0 Å². The molecular weight excluding hydrogens is 488 g/mol. The first-order valence-electron chi connectivity index (χ1n) is 15.9. The standard InChI is InChI=1S/C36H44N4/c1-23-11-17-29-33(19-23)39-31-9-5-3-7-27(31)35(29)37-21-25-13-15-26(16-14-25)22-38-36-28-8-4-6-10-32(28)40-34-20-24(2)12-18-30(34)36/h11-12,17-20,25-26H,3-10,13-16,21-22H2,1-2H3,(H,37,39)(H,38,40). The second-order valence-electron chi connectivity index (χ2n) is 12.9. The Kier molecular flexibility index (Phi) is 7.11. The zero-order chi connectivity index (χ0) is 27.1. The lowest BCUT2D eigenvalue weighted by Crippen LogP contribution is -2.26. The van der Waals surface area contributed by atoms with E-state index in [2.05, 4.69) is 60.9 Å². The summed E-state index contributed by atoms with van der Waals surface area (Å²) in [6.07, 6.45) is 15.0. The summed E-state index contributed by atoms with van der Waals surface area (Å²) in [6, 6.07) is 13.6. The SMILES string of the molecule is Cc1ccc2c(NCC3CCC(CNc4c5c(nc6cc(C)ccc46)CCCC5)CC3)c3c(nc2c1)CCCC3. The molecule has 3 aliphatic carbocycles. The summed E-state index contributed by atoms with van der Waals surface area (Å²) in [5, 5.41) is 10.6. The van der Waals surface area contributed by atoms with Gasteiger partial charge in [0, 0.05) is 46.6 Å². The molecule has 2 aromatic heterocycles. The van der Waals surface area contributed by atoms with Crippen LogP contribution in [0, 0.1) is 25.7 Å². The van der Waals surface area contributed by atoms with E-state index in [-0.39, 0.29) is 0 Å². The fourth-order valence-electron chi connectivity index (χ4n) is 7.61. The molecule has 0 unspecified atom stereocenters. The van der Waals surface area contributed by atoms with Crippen molar-refractivity contribution in [2.45, 2.75) is 90.9 Å². The first-order valence-corrected chi connectivity index (χ1v) is 15.9. The van der Waals surface area contributed by atoms with Gasteiger partial charge < -0.3 is 10.6 Å². The van der Waals surface area contributed by atoms with E-state index in [1.807, 2.05) is 0 Å². The van der Waals surface area contributed by atoms with Gasteiger partial charge in [-0.05, 0) is 137 Å². The number of nitrogens with one attached hydrogen (secondary N) is 2. The van der Waals surface area contributed by atoms with E-state index in [1.54, 1.807) is 0 Å². The van der Waals surface area contributed by atoms with E-state index in [1.165, 1.54) is 131 Å². The molecule has 7 rings (SSSR count). The third-order valence-electron chi connectivity index (χ3n) is 9.94. The van der Waals surface area contributed by atoms with Crippen LogP contribution < -0.4 is 10.6 Å². The quantitative estimate of drug-likeness (QED) is 0.261. The Morgan fingerprint density at radius 1 is 0.600 bits per heavy atom. The molecule has 1 saturated carbocycles. The average molecular weight is 533 g/mol. The molecule has 0 bridgehead atoms. The van der Waals surface area contributed by atoms with Gasteiger partial charge in [0.15, 0.2) is 0 Å². The van der Waals surface area contributed by atoms with Gasteiger partial charge in [0.2, 0.25) is 0 Å². The van der Waals surface area contributed by atoms with Gasteiger partial charge in [0.1, 0.15) is 0 Å². The number of pyridine rings is 2. The van der Waals surface area contributed by atoms with Crippen LogP contribution in [0.15, 0.2) is 36.4 Å². The Balaban J connectivity index is 1.01. The van der Waals surface area contributed by atoms with Crippen LogP contribution in [0.25, 0.3) is 21.8 Å². The molecule has 2 heterocycles. The normalized spacial score (nSPS) is 20.8. The summed E-state index contributed by atoms with van der Waals surface area (Å²) >= 11 is 0. The summed E-state index contributed by atoms with van der Waals surface area (Å²) in [6.45, 7) is 6.52. The maximum absolute atomic E-state index is 5.09. The van der Waals surface area contributed by atoms with Gasteiger partial charge in [-0.3, -0.25) is 9.97 Å². The Hall–Kier alpha value is -3.14. The van der Waals surface area contributed by atoms with Gasteiger partial charge in [0.05, 0.1) is 11.0 Å². The summed E-state index contributed by atoms with van der Waals surface area (Å²) in [5.41, 5.74) is 13.3. The lowest BCUT2D eigenvalue weighted by Gasteiger charge is -2.31. The fraction of sp³-hybridized carbons (Fsp3) is 0.500. The Labute approximate surface area is 239 Å². The van der Waals surface area contributed by atoms with Crippen LogP contribution in [0.2, 0.25) is 0 Å².